The van der Waals surface area contributed by atoms with Crippen LogP contribution in [0.2, 0.25) is 0 Å². The van der Waals surface area contributed by atoms with Crippen molar-refractivity contribution in [1.82, 2.24) is 4.90 Å². The maximum Gasteiger partial charge on any atom is 0.299 e. The molecular formula is C15H18N2O4. The number of morpholine rings is 1. The second-order valence-corrected chi connectivity index (χ2v) is 5.12. The molecule has 2 aliphatic rings. The van der Waals surface area contributed by atoms with Crippen molar-refractivity contribution < 1.29 is 19.1 Å². The molecule has 0 spiro atoms. The molecule has 0 aromatic heterocycles. The summed E-state index contributed by atoms with van der Waals surface area (Å²) in [6, 6.07) is 5.17. The highest BCUT2D eigenvalue weighted by Gasteiger charge is 2.36. The molecule has 1 saturated heterocycles. The molecule has 0 aliphatic carbocycles. The van der Waals surface area contributed by atoms with Gasteiger partial charge in [-0.25, -0.2) is 0 Å². The largest absolute Gasteiger partial charge is 0.497 e. The molecule has 0 unspecified atom stereocenters. The van der Waals surface area contributed by atoms with E-state index in [0.717, 1.165) is 32.8 Å². The SMILES string of the molecule is COc1ccc2c(c1)C(=O)C(=O)N2CCN1CCOCC1. The van der Waals surface area contributed by atoms with Crippen LogP contribution >= 0.6 is 0 Å². The molecule has 6 heteroatoms. The van der Waals surface area contributed by atoms with Gasteiger partial charge in [-0.2, -0.15) is 0 Å². The zero-order valence-corrected chi connectivity index (χ0v) is 12.0. The van der Waals surface area contributed by atoms with Crippen molar-refractivity contribution in [2.45, 2.75) is 0 Å². The molecule has 6 nitrogen and oxygen atoms in total. The average Bonchev–Trinajstić information content (AvgIpc) is 2.77. The van der Waals surface area contributed by atoms with E-state index in [2.05, 4.69) is 4.90 Å². The Hall–Kier alpha value is -1.92. The molecular weight excluding hydrogens is 272 g/mol. The first-order valence-corrected chi connectivity index (χ1v) is 7.05. The zero-order valence-electron chi connectivity index (χ0n) is 12.0. The molecule has 2 aliphatic heterocycles. The summed E-state index contributed by atoms with van der Waals surface area (Å²) in [5.74, 6) is -0.317. The minimum atomic E-state index is -0.453. The molecule has 1 fully saturated rings. The summed E-state index contributed by atoms with van der Waals surface area (Å²) < 4.78 is 10.4. The van der Waals surface area contributed by atoms with Crippen LogP contribution in [0.5, 0.6) is 5.75 Å². The van der Waals surface area contributed by atoms with E-state index in [1.165, 1.54) is 0 Å². The van der Waals surface area contributed by atoms with Gasteiger partial charge in [0.15, 0.2) is 0 Å². The summed E-state index contributed by atoms with van der Waals surface area (Å²) >= 11 is 0. The van der Waals surface area contributed by atoms with E-state index in [1.54, 1.807) is 30.2 Å². The lowest BCUT2D eigenvalue weighted by Gasteiger charge is -2.28. The Kier molecular flexibility index (Phi) is 3.90. The first-order chi connectivity index (χ1) is 10.2. The van der Waals surface area contributed by atoms with Gasteiger partial charge in [-0.15, -0.1) is 0 Å². The maximum absolute atomic E-state index is 12.1. The number of hydrogen-bond acceptors (Lipinski definition) is 5. The van der Waals surface area contributed by atoms with Crippen LogP contribution in [0.4, 0.5) is 5.69 Å². The normalized spacial score (nSPS) is 19.0. The number of amides is 1. The molecule has 1 aromatic rings. The highest BCUT2D eigenvalue weighted by atomic mass is 16.5. The zero-order chi connectivity index (χ0) is 14.8. The average molecular weight is 290 g/mol. The van der Waals surface area contributed by atoms with E-state index in [9.17, 15) is 9.59 Å². The monoisotopic (exact) mass is 290 g/mol. The molecule has 0 atom stereocenters. The molecule has 0 bridgehead atoms. The predicted octanol–water partition coefficient (Wildman–Crippen LogP) is 0.557. The molecule has 3 rings (SSSR count). The number of carbonyl (C=O) groups is 2. The Morgan fingerprint density at radius 1 is 1.19 bits per heavy atom. The Labute approximate surface area is 123 Å². The predicted molar refractivity (Wildman–Crippen MR) is 76.9 cm³/mol. The molecule has 0 saturated carbocycles. The van der Waals surface area contributed by atoms with Gasteiger partial charge in [0.1, 0.15) is 5.75 Å². The van der Waals surface area contributed by atoms with Gasteiger partial charge >= 0.3 is 0 Å². The van der Waals surface area contributed by atoms with Crippen LogP contribution in [-0.2, 0) is 9.53 Å². The second kappa shape index (κ2) is 5.83. The quantitative estimate of drug-likeness (QED) is 0.758. The van der Waals surface area contributed by atoms with Gasteiger partial charge in [0.2, 0.25) is 0 Å². The van der Waals surface area contributed by atoms with E-state index < -0.39 is 11.7 Å². The van der Waals surface area contributed by atoms with Gasteiger partial charge in [0, 0.05) is 26.2 Å². The fraction of sp³-hybridized carbons (Fsp3) is 0.467. The van der Waals surface area contributed by atoms with Gasteiger partial charge < -0.3 is 14.4 Å². The Morgan fingerprint density at radius 3 is 2.67 bits per heavy atom. The Balaban J connectivity index is 1.74. The lowest BCUT2D eigenvalue weighted by Crippen LogP contribution is -2.42. The number of nitrogens with zero attached hydrogens (tertiary/aromatic N) is 2. The van der Waals surface area contributed by atoms with Crippen LogP contribution in [0.3, 0.4) is 0 Å². The second-order valence-electron chi connectivity index (χ2n) is 5.12. The Morgan fingerprint density at radius 2 is 1.95 bits per heavy atom. The number of carbonyl (C=O) groups excluding carboxylic acids is 2. The maximum atomic E-state index is 12.1. The summed E-state index contributed by atoms with van der Waals surface area (Å²) in [5.41, 5.74) is 1.11. The number of ether oxygens (including phenoxy) is 2. The van der Waals surface area contributed by atoms with Crippen LogP contribution in [0.15, 0.2) is 18.2 Å². The number of ketones is 1. The first kappa shape index (κ1) is 14.0. The van der Waals surface area contributed by atoms with Crippen LogP contribution < -0.4 is 9.64 Å². The third-order valence-corrected chi connectivity index (χ3v) is 3.92. The Bertz CT molecular complexity index is 567. The number of Topliss-reactive ketones (excluding diaryl/α,β-unsaturated/α-hetero) is 1. The van der Waals surface area contributed by atoms with Crippen LogP contribution in [0.1, 0.15) is 10.4 Å². The van der Waals surface area contributed by atoms with Crippen LogP contribution in [0.25, 0.3) is 0 Å². The van der Waals surface area contributed by atoms with E-state index >= 15 is 0 Å². The van der Waals surface area contributed by atoms with Crippen molar-refractivity contribution >= 4 is 17.4 Å². The summed E-state index contributed by atoms with van der Waals surface area (Å²) in [4.78, 5) is 28.0. The van der Waals surface area contributed by atoms with Crippen molar-refractivity contribution in [3.63, 3.8) is 0 Å². The number of fused-ring (bicyclic) bond motifs is 1. The van der Waals surface area contributed by atoms with E-state index in [4.69, 9.17) is 9.47 Å². The highest BCUT2D eigenvalue weighted by molar-refractivity contribution is 6.52. The fourth-order valence-corrected chi connectivity index (χ4v) is 2.69. The molecule has 1 amide bonds. The summed E-state index contributed by atoms with van der Waals surface area (Å²) in [5, 5.41) is 0. The van der Waals surface area contributed by atoms with Crippen molar-refractivity contribution in [1.29, 1.82) is 0 Å². The number of anilines is 1. The minimum Gasteiger partial charge on any atom is -0.497 e. The van der Waals surface area contributed by atoms with Gasteiger partial charge in [0.05, 0.1) is 31.6 Å². The van der Waals surface area contributed by atoms with Crippen LogP contribution in [-0.4, -0.2) is 63.1 Å². The topological polar surface area (TPSA) is 59.1 Å². The van der Waals surface area contributed by atoms with Gasteiger partial charge in [-0.1, -0.05) is 0 Å². The molecule has 2 heterocycles. The van der Waals surface area contributed by atoms with Gasteiger partial charge in [0.25, 0.3) is 11.7 Å². The number of benzene rings is 1. The molecule has 0 radical (unpaired) electrons. The number of rotatable bonds is 4. The summed E-state index contributed by atoms with van der Waals surface area (Å²) in [6.45, 7) is 4.44. The lowest BCUT2D eigenvalue weighted by molar-refractivity contribution is -0.114. The third-order valence-electron chi connectivity index (χ3n) is 3.92. The molecule has 0 N–H and O–H groups in total. The van der Waals surface area contributed by atoms with Gasteiger partial charge in [-0.3, -0.25) is 14.5 Å². The fourth-order valence-electron chi connectivity index (χ4n) is 2.69. The molecule has 21 heavy (non-hydrogen) atoms. The summed E-state index contributed by atoms with van der Waals surface area (Å²) in [6.07, 6.45) is 0. The van der Waals surface area contributed by atoms with E-state index in [-0.39, 0.29) is 0 Å². The first-order valence-electron chi connectivity index (χ1n) is 7.05. The number of hydrogen-bond donors (Lipinski definition) is 0. The van der Waals surface area contributed by atoms with Crippen molar-refractivity contribution in [3.8, 4) is 5.75 Å². The smallest absolute Gasteiger partial charge is 0.299 e. The van der Waals surface area contributed by atoms with Crippen molar-refractivity contribution in [2.75, 3.05) is 51.4 Å². The van der Waals surface area contributed by atoms with Crippen molar-refractivity contribution in [2.24, 2.45) is 0 Å². The summed E-state index contributed by atoms with van der Waals surface area (Å²) in [7, 11) is 1.54. The lowest BCUT2D eigenvalue weighted by atomic mass is 10.1. The minimum absolute atomic E-state index is 0.432. The van der Waals surface area contributed by atoms with Crippen molar-refractivity contribution in [3.05, 3.63) is 23.8 Å². The van der Waals surface area contributed by atoms with E-state index in [0.29, 0.717) is 23.5 Å². The third kappa shape index (κ3) is 2.64. The highest BCUT2D eigenvalue weighted by Crippen LogP contribution is 2.31. The molecule has 1 aromatic carbocycles. The molecule has 112 valence electrons. The standard InChI is InChI=1S/C15H18N2O4/c1-20-11-2-3-13-12(10-11)14(18)15(19)17(13)5-4-16-6-8-21-9-7-16/h2-3,10H,4-9H2,1H3. The van der Waals surface area contributed by atoms with E-state index in [1.807, 2.05) is 0 Å². The number of methoxy groups -OCH3 is 1. The van der Waals surface area contributed by atoms with Gasteiger partial charge in [-0.05, 0) is 18.2 Å². The van der Waals surface area contributed by atoms with Crippen LogP contribution in [0, 0.1) is 0 Å².